The molecule has 0 aromatic heterocycles. The number of halogens is 2. The highest BCUT2D eigenvalue weighted by Gasteiger charge is 2.18. The molecule has 10 heteroatoms. The summed E-state index contributed by atoms with van der Waals surface area (Å²) in [5.41, 5.74) is 1.09. The Bertz CT molecular complexity index is 1270. The molecule has 0 fully saturated rings. The monoisotopic (exact) mass is 462 g/mol. The van der Waals surface area contributed by atoms with E-state index >= 15 is 0 Å². The van der Waals surface area contributed by atoms with E-state index in [1.807, 2.05) is 0 Å². The van der Waals surface area contributed by atoms with Crippen LogP contribution < -0.4 is 19.5 Å². The van der Waals surface area contributed by atoms with Crippen LogP contribution in [0.3, 0.4) is 0 Å². The summed E-state index contributed by atoms with van der Waals surface area (Å²) >= 11 is 5.72. The third-order valence-corrected chi connectivity index (χ3v) is 6.18. The lowest BCUT2D eigenvalue weighted by Gasteiger charge is -2.10. The summed E-state index contributed by atoms with van der Waals surface area (Å²) in [5, 5.41) is 2.42. The second-order valence-electron chi connectivity index (χ2n) is 6.62. The third-order valence-electron chi connectivity index (χ3n) is 4.49. The molecule has 1 aliphatic rings. The second-order valence-corrected chi connectivity index (χ2v) is 8.80. The van der Waals surface area contributed by atoms with Crippen molar-refractivity contribution in [1.82, 2.24) is 4.72 Å². The predicted molar refractivity (Wildman–Crippen MR) is 112 cm³/mol. The number of hydrogen-bond acceptors (Lipinski definition) is 5. The van der Waals surface area contributed by atoms with E-state index in [2.05, 4.69) is 10.0 Å². The van der Waals surface area contributed by atoms with Crippen LogP contribution in [-0.2, 0) is 16.6 Å². The van der Waals surface area contributed by atoms with E-state index in [4.69, 9.17) is 21.1 Å². The zero-order valence-corrected chi connectivity index (χ0v) is 17.5. The Labute approximate surface area is 182 Å². The summed E-state index contributed by atoms with van der Waals surface area (Å²) in [6.07, 6.45) is 0. The molecule has 1 aliphatic heterocycles. The van der Waals surface area contributed by atoms with Crippen molar-refractivity contribution in [3.8, 4) is 11.5 Å². The molecule has 31 heavy (non-hydrogen) atoms. The van der Waals surface area contributed by atoms with Gasteiger partial charge in [0.25, 0.3) is 5.91 Å². The Morgan fingerprint density at radius 2 is 1.84 bits per heavy atom. The van der Waals surface area contributed by atoms with Gasteiger partial charge in [0.05, 0.1) is 9.92 Å². The number of fused-ring (bicyclic) bond motifs is 1. The van der Waals surface area contributed by atoms with Crippen molar-refractivity contribution in [2.75, 3.05) is 12.1 Å². The van der Waals surface area contributed by atoms with E-state index in [0.717, 1.165) is 6.07 Å². The van der Waals surface area contributed by atoms with E-state index in [0.29, 0.717) is 17.1 Å². The van der Waals surface area contributed by atoms with E-state index in [1.165, 1.54) is 36.4 Å². The molecule has 2 N–H and O–H groups in total. The molecule has 0 saturated carbocycles. The number of benzene rings is 3. The summed E-state index contributed by atoms with van der Waals surface area (Å²) in [6.45, 7) is 0.160. The SMILES string of the molecule is O=C(Nc1ccc(F)c(Cl)c1)c1cccc(S(=O)(=O)NCc2ccc3c(c2)OCO3)c1. The van der Waals surface area contributed by atoms with Crippen LogP contribution in [0.5, 0.6) is 11.5 Å². The number of carbonyl (C=O) groups is 1. The van der Waals surface area contributed by atoms with Crippen LogP contribution in [0, 0.1) is 5.82 Å². The first-order valence-electron chi connectivity index (χ1n) is 9.06. The summed E-state index contributed by atoms with van der Waals surface area (Å²) in [4.78, 5) is 12.4. The molecule has 0 unspecified atom stereocenters. The molecular weight excluding hydrogens is 447 g/mol. The number of sulfonamides is 1. The zero-order valence-electron chi connectivity index (χ0n) is 15.9. The average molecular weight is 463 g/mol. The van der Waals surface area contributed by atoms with Crippen molar-refractivity contribution < 1.29 is 27.1 Å². The lowest BCUT2D eigenvalue weighted by Crippen LogP contribution is -2.23. The van der Waals surface area contributed by atoms with Gasteiger partial charge < -0.3 is 14.8 Å². The van der Waals surface area contributed by atoms with Crippen molar-refractivity contribution in [3.63, 3.8) is 0 Å². The maximum atomic E-state index is 13.3. The van der Waals surface area contributed by atoms with E-state index in [1.54, 1.807) is 18.2 Å². The van der Waals surface area contributed by atoms with Crippen LogP contribution in [0.4, 0.5) is 10.1 Å². The number of hydrogen-bond donors (Lipinski definition) is 2. The van der Waals surface area contributed by atoms with Gasteiger partial charge in [0.2, 0.25) is 16.8 Å². The van der Waals surface area contributed by atoms with Gasteiger partial charge in [-0.25, -0.2) is 17.5 Å². The number of nitrogens with one attached hydrogen (secondary N) is 2. The first-order valence-corrected chi connectivity index (χ1v) is 10.9. The van der Waals surface area contributed by atoms with Crippen LogP contribution in [0.15, 0.2) is 65.6 Å². The van der Waals surface area contributed by atoms with Crippen molar-refractivity contribution in [3.05, 3.63) is 82.6 Å². The largest absolute Gasteiger partial charge is 0.454 e. The molecular formula is C21H16ClFN2O5S. The third kappa shape index (κ3) is 4.79. The van der Waals surface area contributed by atoms with Crippen molar-refractivity contribution in [2.45, 2.75) is 11.4 Å². The minimum Gasteiger partial charge on any atom is -0.454 e. The lowest BCUT2D eigenvalue weighted by molar-refractivity contribution is 0.102. The minimum atomic E-state index is -3.89. The number of rotatable bonds is 6. The molecule has 1 heterocycles. The molecule has 0 bridgehead atoms. The summed E-state index contributed by atoms with van der Waals surface area (Å²) in [5.74, 6) is -0.0131. The highest BCUT2D eigenvalue weighted by molar-refractivity contribution is 7.89. The molecule has 0 saturated heterocycles. The van der Waals surface area contributed by atoms with E-state index in [-0.39, 0.29) is 34.5 Å². The van der Waals surface area contributed by atoms with Crippen LogP contribution in [0.1, 0.15) is 15.9 Å². The smallest absolute Gasteiger partial charge is 0.255 e. The van der Waals surface area contributed by atoms with E-state index < -0.39 is 21.7 Å². The molecule has 160 valence electrons. The molecule has 3 aromatic rings. The van der Waals surface area contributed by atoms with E-state index in [9.17, 15) is 17.6 Å². The molecule has 1 amide bonds. The van der Waals surface area contributed by atoms with Gasteiger partial charge in [-0.2, -0.15) is 0 Å². The fourth-order valence-electron chi connectivity index (χ4n) is 2.89. The number of anilines is 1. The van der Waals surface area contributed by atoms with Gasteiger partial charge in [0.1, 0.15) is 5.82 Å². The fraction of sp³-hybridized carbons (Fsp3) is 0.0952. The molecule has 0 spiro atoms. The topological polar surface area (TPSA) is 93.7 Å². The van der Waals surface area contributed by atoms with Crippen molar-refractivity contribution >= 4 is 33.2 Å². The zero-order chi connectivity index (χ0) is 22.0. The van der Waals surface area contributed by atoms with Gasteiger partial charge in [-0.3, -0.25) is 4.79 Å². The number of amides is 1. The molecule has 0 radical (unpaired) electrons. The Hall–Kier alpha value is -3.14. The van der Waals surface area contributed by atoms with Crippen LogP contribution in [0.25, 0.3) is 0 Å². The minimum absolute atomic E-state index is 0.0312. The highest BCUT2D eigenvalue weighted by Crippen LogP contribution is 2.32. The maximum Gasteiger partial charge on any atom is 0.255 e. The van der Waals surface area contributed by atoms with Crippen LogP contribution in [-0.4, -0.2) is 21.1 Å². The van der Waals surface area contributed by atoms with Gasteiger partial charge in [0.15, 0.2) is 11.5 Å². The molecule has 3 aromatic carbocycles. The lowest BCUT2D eigenvalue weighted by atomic mass is 10.2. The second kappa shape index (κ2) is 8.54. The number of carbonyl (C=O) groups excluding carboxylic acids is 1. The quantitative estimate of drug-likeness (QED) is 0.578. The fourth-order valence-corrected chi connectivity index (χ4v) is 4.14. The Morgan fingerprint density at radius 1 is 1.03 bits per heavy atom. The summed E-state index contributed by atoms with van der Waals surface area (Å²) in [7, 11) is -3.89. The Morgan fingerprint density at radius 3 is 2.65 bits per heavy atom. The van der Waals surface area contributed by atoms with Gasteiger partial charge in [-0.1, -0.05) is 23.7 Å². The van der Waals surface area contributed by atoms with Gasteiger partial charge in [0, 0.05) is 17.8 Å². The highest BCUT2D eigenvalue weighted by atomic mass is 35.5. The standard InChI is InChI=1S/C21H16ClFN2O5S/c22-17-10-15(5-6-18(17)23)25-21(26)14-2-1-3-16(9-14)31(27,28)24-11-13-4-7-19-20(8-13)30-12-29-19/h1-10,24H,11-12H2,(H,25,26). The number of ether oxygens (including phenoxy) is 2. The van der Waals surface area contributed by atoms with Gasteiger partial charge >= 0.3 is 0 Å². The van der Waals surface area contributed by atoms with Gasteiger partial charge in [-0.05, 0) is 54.1 Å². The van der Waals surface area contributed by atoms with Crippen molar-refractivity contribution in [1.29, 1.82) is 0 Å². The normalized spacial score (nSPS) is 12.6. The maximum absolute atomic E-state index is 13.3. The van der Waals surface area contributed by atoms with Crippen molar-refractivity contribution in [2.24, 2.45) is 0 Å². The Kier molecular flexibility index (Phi) is 5.81. The van der Waals surface area contributed by atoms with Crippen LogP contribution in [0.2, 0.25) is 5.02 Å². The molecule has 0 atom stereocenters. The summed E-state index contributed by atoms with van der Waals surface area (Å²) < 4.78 is 51.7. The molecule has 4 rings (SSSR count). The predicted octanol–water partition coefficient (Wildman–Crippen LogP) is 3.94. The molecule has 7 nitrogen and oxygen atoms in total. The average Bonchev–Trinajstić information content (AvgIpc) is 3.23. The van der Waals surface area contributed by atoms with Crippen LogP contribution >= 0.6 is 11.6 Å². The first-order chi connectivity index (χ1) is 14.8. The van der Waals surface area contributed by atoms with Gasteiger partial charge in [-0.15, -0.1) is 0 Å². The summed E-state index contributed by atoms with van der Waals surface area (Å²) in [6, 6.07) is 14.4. The first kappa shape index (κ1) is 21.1. The Balaban J connectivity index is 1.47. The molecule has 0 aliphatic carbocycles.